The maximum atomic E-state index is 13.7. The lowest BCUT2D eigenvalue weighted by molar-refractivity contribution is -0.142. The molecule has 0 saturated carbocycles. The van der Waals surface area contributed by atoms with Gasteiger partial charge in [-0.15, -0.1) is 11.3 Å². The maximum absolute atomic E-state index is 13.7. The Morgan fingerprint density at radius 2 is 1.81 bits per heavy atom. The monoisotopic (exact) mass is 676 g/mol. The summed E-state index contributed by atoms with van der Waals surface area (Å²) < 4.78 is 6.87. The summed E-state index contributed by atoms with van der Waals surface area (Å²) in [6, 6.07) is 11.5. The second-order valence-electron chi connectivity index (χ2n) is 12.8. The average Bonchev–Trinajstić information content (AvgIpc) is 3.72. The topological polar surface area (TPSA) is 159 Å². The molecule has 256 valence electrons. The molecule has 0 aliphatic carbocycles. The third-order valence-electron chi connectivity index (χ3n) is 8.50. The second-order valence-corrected chi connectivity index (χ2v) is 13.9. The van der Waals surface area contributed by atoms with E-state index >= 15 is 0 Å². The Labute approximate surface area is 284 Å². The maximum Gasteiger partial charge on any atom is 0.245 e. The fourth-order valence-corrected chi connectivity index (χ4v) is 6.98. The smallest absolute Gasteiger partial charge is 0.245 e. The summed E-state index contributed by atoms with van der Waals surface area (Å²) in [6.07, 6.45) is 2.31. The molecule has 0 spiro atoms. The third-order valence-corrected chi connectivity index (χ3v) is 9.60. The molecular weight excluding hydrogens is 632 g/mol. The highest BCUT2D eigenvalue weighted by Gasteiger charge is 2.38. The zero-order valence-electron chi connectivity index (χ0n) is 27.6. The predicted molar refractivity (Wildman–Crippen MR) is 182 cm³/mol. The molecule has 0 unspecified atom stereocenters. The molecule has 1 aromatic heterocycles. The van der Waals surface area contributed by atoms with Crippen molar-refractivity contribution in [3.8, 4) is 5.75 Å². The molecule has 13 heteroatoms. The van der Waals surface area contributed by atoms with Crippen LogP contribution in [0.1, 0.15) is 57.0 Å². The van der Waals surface area contributed by atoms with Crippen LogP contribution in [0.4, 0.5) is 0 Å². The van der Waals surface area contributed by atoms with E-state index in [1.54, 1.807) is 24.0 Å². The van der Waals surface area contributed by atoms with Crippen molar-refractivity contribution in [2.24, 2.45) is 5.92 Å². The minimum atomic E-state index is -0.999. The van der Waals surface area contributed by atoms with Crippen molar-refractivity contribution in [3.05, 3.63) is 59.1 Å². The lowest BCUT2D eigenvalue weighted by Gasteiger charge is -2.30. The van der Waals surface area contributed by atoms with E-state index in [-0.39, 0.29) is 49.6 Å². The number of aryl methyl sites for hydroxylation is 1. The molecule has 5 amide bonds. The molecule has 12 nitrogen and oxygen atoms in total. The highest BCUT2D eigenvalue weighted by atomic mass is 32.1. The minimum Gasteiger partial charge on any atom is -0.492 e. The zero-order valence-corrected chi connectivity index (χ0v) is 28.4. The number of rotatable bonds is 6. The molecule has 3 aliphatic rings. The molecule has 4 N–H and O–H groups in total. The van der Waals surface area contributed by atoms with Crippen LogP contribution in [-0.4, -0.2) is 83.3 Å². The second kappa shape index (κ2) is 16.1. The van der Waals surface area contributed by atoms with Gasteiger partial charge < -0.3 is 30.9 Å². The van der Waals surface area contributed by atoms with Crippen molar-refractivity contribution < 1.29 is 28.7 Å². The summed E-state index contributed by atoms with van der Waals surface area (Å²) in [5.41, 5.74) is 1.66. The summed E-state index contributed by atoms with van der Waals surface area (Å²) in [6.45, 7) is 6.34. The Morgan fingerprint density at radius 1 is 1.04 bits per heavy atom. The highest BCUT2D eigenvalue weighted by Crippen LogP contribution is 2.23. The number of hydrogen-bond acceptors (Lipinski definition) is 8. The number of nitrogens with zero attached hydrogens (tertiary/aromatic N) is 2. The third kappa shape index (κ3) is 9.09. The van der Waals surface area contributed by atoms with E-state index in [4.69, 9.17) is 4.74 Å². The fourth-order valence-electron chi connectivity index (χ4n) is 6.01. The van der Waals surface area contributed by atoms with Crippen LogP contribution in [0.5, 0.6) is 5.75 Å². The van der Waals surface area contributed by atoms with Crippen molar-refractivity contribution in [3.63, 3.8) is 0 Å². The number of carbonyl (C=O) groups excluding carboxylic acids is 5. The Bertz CT molecular complexity index is 1590. The number of ether oxygens (including phenoxy) is 1. The van der Waals surface area contributed by atoms with Crippen LogP contribution < -0.4 is 26.0 Å². The summed E-state index contributed by atoms with van der Waals surface area (Å²) in [5.74, 6) is -1.28. The van der Waals surface area contributed by atoms with Gasteiger partial charge in [-0.05, 0) is 61.9 Å². The summed E-state index contributed by atoms with van der Waals surface area (Å²) in [5, 5.41) is 12.1. The fraction of sp³-hybridized carbons (Fsp3) is 0.486. The van der Waals surface area contributed by atoms with E-state index in [2.05, 4.69) is 26.3 Å². The molecule has 2 aromatic carbocycles. The normalized spacial score (nSPS) is 22.9. The SMILES string of the molecule is CC(C)C[C@@H]1NC(=O)[C@@H](C)NC(=O)[C@@H](NC(=O)CCc2nc3ccccc3s2)Cc2ccc(cc2)OCCNC(=O)[C@H]2CCCN2C1=O. The highest BCUT2D eigenvalue weighted by molar-refractivity contribution is 7.18. The molecule has 1 saturated heterocycles. The molecule has 48 heavy (non-hydrogen) atoms. The number of amides is 5. The van der Waals surface area contributed by atoms with Crippen LogP contribution in [0.15, 0.2) is 48.5 Å². The lowest BCUT2D eigenvalue weighted by atomic mass is 10.0. The van der Waals surface area contributed by atoms with Gasteiger partial charge in [-0.1, -0.05) is 38.1 Å². The molecular formula is C35H44N6O6S. The van der Waals surface area contributed by atoms with Gasteiger partial charge in [-0.3, -0.25) is 24.0 Å². The van der Waals surface area contributed by atoms with Crippen molar-refractivity contribution in [2.45, 2.75) is 83.5 Å². The van der Waals surface area contributed by atoms with Gasteiger partial charge in [0.1, 0.15) is 36.5 Å². The molecule has 2 bridgehead atoms. The molecule has 4 atom stereocenters. The zero-order chi connectivity index (χ0) is 34.2. The van der Waals surface area contributed by atoms with Gasteiger partial charge in [0.25, 0.3) is 0 Å². The lowest BCUT2D eigenvalue weighted by Crippen LogP contribution is -2.58. The van der Waals surface area contributed by atoms with Crippen LogP contribution in [0, 0.1) is 5.92 Å². The quantitative estimate of drug-likeness (QED) is 0.312. The Morgan fingerprint density at radius 3 is 2.56 bits per heavy atom. The van der Waals surface area contributed by atoms with E-state index in [0.717, 1.165) is 20.8 Å². The van der Waals surface area contributed by atoms with Gasteiger partial charge in [0.15, 0.2) is 0 Å². The van der Waals surface area contributed by atoms with E-state index in [1.807, 2.05) is 50.2 Å². The number of benzene rings is 2. The van der Waals surface area contributed by atoms with Crippen LogP contribution in [0.3, 0.4) is 0 Å². The Balaban J connectivity index is 1.33. The first-order chi connectivity index (χ1) is 23.1. The molecule has 0 radical (unpaired) electrons. The number of aromatic nitrogens is 1. The van der Waals surface area contributed by atoms with Gasteiger partial charge in [-0.25, -0.2) is 4.98 Å². The largest absolute Gasteiger partial charge is 0.492 e. The van der Waals surface area contributed by atoms with Crippen LogP contribution in [-0.2, 0) is 36.8 Å². The Hall–Kier alpha value is -4.52. The van der Waals surface area contributed by atoms with Gasteiger partial charge in [0.2, 0.25) is 29.5 Å². The van der Waals surface area contributed by atoms with Crippen LogP contribution in [0.2, 0.25) is 0 Å². The van der Waals surface area contributed by atoms with Gasteiger partial charge in [-0.2, -0.15) is 0 Å². The molecule has 4 heterocycles. The molecule has 6 rings (SSSR count). The van der Waals surface area contributed by atoms with Gasteiger partial charge in [0, 0.05) is 25.8 Å². The van der Waals surface area contributed by atoms with Gasteiger partial charge in [0.05, 0.1) is 21.8 Å². The van der Waals surface area contributed by atoms with E-state index < -0.39 is 36.0 Å². The molecule has 3 aromatic rings. The average molecular weight is 677 g/mol. The minimum absolute atomic E-state index is 0.0788. The van der Waals surface area contributed by atoms with E-state index in [0.29, 0.717) is 38.0 Å². The van der Waals surface area contributed by atoms with E-state index in [9.17, 15) is 24.0 Å². The van der Waals surface area contributed by atoms with Crippen molar-refractivity contribution >= 4 is 51.1 Å². The molecule has 1 fully saturated rings. The first-order valence-electron chi connectivity index (χ1n) is 16.6. The predicted octanol–water partition coefficient (Wildman–Crippen LogP) is 2.49. The summed E-state index contributed by atoms with van der Waals surface area (Å²) in [4.78, 5) is 73.1. The first-order valence-corrected chi connectivity index (χ1v) is 17.4. The van der Waals surface area contributed by atoms with Crippen molar-refractivity contribution in [2.75, 3.05) is 19.7 Å². The van der Waals surface area contributed by atoms with Crippen molar-refractivity contribution in [1.82, 2.24) is 31.2 Å². The number of nitrogens with one attached hydrogen (secondary N) is 4. The number of para-hydroxylation sites is 1. The van der Waals surface area contributed by atoms with Gasteiger partial charge >= 0.3 is 0 Å². The number of thiazole rings is 1. The van der Waals surface area contributed by atoms with Crippen LogP contribution >= 0.6 is 11.3 Å². The Kier molecular flexibility index (Phi) is 11.6. The number of hydrogen-bond donors (Lipinski definition) is 4. The standard InChI is InChI=1S/C35H44N6O6S/c1-21(2)19-27-35(46)41-17-6-8-28(41)34(45)36-16-18-47-24-12-10-23(11-13-24)20-26(33(44)37-22(3)32(43)40-27)38-30(42)14-15-31-39-25-7-4-5-9-29(25)48-31/h4-5,7,9-13,21-22,26-28H,6,8,14-20H2,1-3H3,(H,36,45)(H,37,44)(H,38,42)(H,40,43)/t22-,26+,27+,28-/m1/s1. The summed E-state index contributed by atoms with van der Waals surface area (Å²) in [7, 11) is 0. The first kappa shape index (κ1) is 34.8. The molecule has 3 aliphatic heterocycles. The van der Waals surface area contributed by atoms with E-state index in [1.165, 1.54) is 11.3 Å². The summed E-state index contributed by atoms with van der Waals surface area (Å²) >= 11 is 1.53. The van der Waals surface area contributed by atoms with Crippen LogP contribution in [0.25, 0.3) is 10.2 Å². The number of fused-ring (bicyclic) bond motifs is 15. The van der Waals surface area contributed by atoms with Crippen molar-refractivity contribution in [1.29, 1.82) is 0 Å². The number of carbonyl (C=O) groups is 5.